The molecule has 0 bridgehead atoms. The zero-order chi connectivity index (χ0) is 20.7. The summed E-state index contributed by atoms with van der Waals surface area (Å²) in [6, 6.07) is 1.62. The summed E-state index contributed by atoms with van der Waals surface area (Å²) in [7, 11) is 1.86. The number of carbonyl (C=O) groups excluding carboxylic acids is 1. The molecule has 0 aromatic carbocycles. The number of carbonyl (C=O) groups is 1. The van der Waals surface area contributed by atoms with Crippen molar-refractivity contribution in [3.63, 3.8) is 0 Å². The largest absolute Gasteiger partial charge is 0.485 e. The normalized spacial score (nSPS) is 19.4. The Labute approximate surface area is 172 Å². The van der Waals surface area contributed by atoms with Crippen LogP contribution in [0.2, 0.25) is 0 Å². The molecule has 4 heterocycles. The molecule has 0 N–H and O–H groups in total. The first-order chi connectivity index (χ1) is 13.8. The summed E-state index contributed by atoms with van der Waals surface area (Å²) in [6.07, 6.45) is 3.23. The average molecular weight is 418 g/mol. The predicted octanol–water partition coefficient (Wildman–Crippen LogP) is 2.80. The summed E-state index contributed by atoms with van der Waals surface area (Å²) in [5.41, 5.74) is 3.87. The molecule has 1 atom stereocenters. The number of Topliss-reactive ketones (excluding diaryl/α,β-unsaturated/α-hetero) is 1. The lowest BCUT2D eigenvalue weighted by atomic mass is 10.1. The molecule has 2 aliphatic rings. The van der Waals surface area contributed by atoms with Gasteiger partial charge in [0, 0.05) is 43.6 Å². The Morgan fingerprint density at radius 2 is 2.14 bits per heavy atom. The van der Waals surface area contributed by atoms with Crippen LogP contribution in [0.4, 0.5) is 4.39 Å². The number of allylic oxidation sites excluding steroid dienone is 1. The zero-order valence-corrected chi connectivity index (χ0v) is 17.2. The van der Waals surface area contributed by atoms with E-state index in [1.54, 1.807) is 17.0 Å². The van der Waals surface area contributed by atoms with Crippen molar-refractivity contribution in [1.29, 1.82) is 0 Å². The van der Waals surface area contributed by atoms with Crippen LogP contribution in [-0.2, 0) is 11.8 Å². The number of aliphatic imine (C=N–C) groups is 1. The maximum Gasteiger partial charge on any atom is 0.197 e. The molecule has 0 unspecified atom stereocenters. The van der Waals surface area contributed by atoms with Crippen LogP contribution in [0.15, 0.2) is 28.0 Å². The van der Waals surface area contributed by atoms with Gasteiger partial charge in [0.25, 0.3) is 0 Å². The van der Waals surface area contributed by atoms with Gasteiger partial charge in [0.1, 0.15) is 17.7 Å². The van der Waals surface area contributed by atoms with E-state index < -0.39 is 5.82 Å². The van der Waals surface area contributed by atoms with Crippen molar-refractivity contribution in [2.24, 2.45) is 12.0 Å². The smallest absolute Gasteiger partial charge is 0.197 e. The number of rotatable bonds is 4. The number of hydrogen-bond acceptors (Lipinski definition) is 6. The van der Waals surface area contributed by atoms with Crippen LogP contribution >= 0.6 is 11.6 Å². The summed E-state index contributed by atoms with van der Waals surface area (Å²) in [4.78, 5) is 22.0. The third kappa shape index (κ3) is 3.64. The molecule has 0 spiro atoms. The quantitative estimate of drug-likeness (QED) is 0.764. The van der Waals surface area contributed by atoms with Crippen LogP contribution in [0.3, 0.4) is 0 Å². The minimum Gasteiger partial charge on any atom is -0.485 e. The molecule has 152 valence electrons. The van der Waals surface area contributed by atoms with Crippen molar-refractivity contribution in [3.05, 3.63) is 40.2 Å². The molecule has 7 nitrogen and oxygen atoms in total. The van der Waals surface area contributed by atoms with Crippen LogP contribution in [0, 0.1) is 19.7 Å². The second-order valence-corrected chi connectivity index (χ2v) is 7.61. The summed E-state index contributed by atoms with van der Waals surface area (Å²) in [6.45, 7) is 5.06. The van der Waals surface area contributed by atoms with E-state index >= 15 is 0 Å². The average Bonchev–Trinajstić information content (AvgIpc) is 3.24. The van der Waals surface area contributed by atoms with E-state index in [1.165, 1.54) is 6.20 Å². The molecular weight excluding hydrogens is 397 g/mol. The molecule has 0 aliphatic carbocycles. The highest BCUT2D eigenvalue weighted by atomic mass is 35.5. The van der Waals surface area contributed by atoms with E-state index in [9.17, 15) is 9.18 Å². The number of dihydropyridines is 1. The number of nitrogens with zero attached hydrogens (tertiary/aromatic N) is 5. The fourth-order valence-electron chi connectivity index (χ4n) is 3.72. The molecule has 29 heavy (non-hydrogen) atoms. The van der Waals surface area contributed by atoms with Crippen molar-refractivity contribution in [3.8, 4) is 17.0 Å². The van der Waals surface area contributed by atoms with E-state index in [1.807, 2.05) is 25.8 Å². The zero-order valence-electron chi connectivity index (χ0n) is 16.4. The van der Waals surface area contributed by atoms with E-state index in [-0.39, 0.29) is 29.2 Å². The van der Waals surface area contributed by atoms with E-state index in [0.717, 1.165) is 17.0 Å². The van der Waals surface area contributed by atoms with Crippen LogP contribution in [0.1, 0.15) is 17.8 Å². The fourth-order valence-corrected chi connectivity index (χ4v) is 3.95. The number of ketones is 1. The Balaban J connectivity index is 1.54. The SMILES string of the molecule is Cc1nn(C)c(C)c1-c1cc(O[C@@H]2CCN(C3=C(Cl)C(=O)CN=C3)C2)c(F)cn1. The van der Waals surface area contributed by atoms with Gasteiger partial charge in [0.15, 0.2) is 17.3 Å². The maximum absolute atomic E-state index is 14.4. The number of likely N-dealkylation sites (tertiary alicyclic amines) is 1. The molecule has 4 rings (SSSR count). The molecule has 1 saturated heterocycles. The molecule has 0 saturated carbocycles. The molecule has 0 radical (unpaired) electrons. The minimum absolute atomic E-state index is 0.0777. The van der Waals surface area contributed by atoms with Crippen LogP contribution in [-0.4, -0.2) is 57.4 Å². The van der Waals surface area contributed by atoms with Gasteiger partial charge in [0.05, 0.1) is 29.8 Å². The number of aryl methyl sites for hydroxylation is 2. The van der Waals surface area contributed by atoms with Gasteiger partial charge in [-0.25, -0.2) is 4.39 Å². The maximum atomic E-state index is 14.4. The molecule has 9 heteroatoms. The third-order valence-electron chi connectivity index (χ3n) is 5.28. The number of aromatic nitrogens is 3. The number of hydrogen-bond donors (Lipinski definition) is 0. The van der Waals surface area contributed by atoms with E-state index in [4.69, 9.17) is 16.3 Å². The second kappa shape index (κ2) is 7.59. The highest BCUT2D eigenvalue weighted by Gasteiger charge is 2.30. The Kier molecular flexibility index (Phi) is 5.12. The lowest BCUT2D eigenvalue weighted by molar-refractivity contribution is -0.113. The number of pyridine rings is 1. The molecule has 0 amide bonds. The van der Waals surface area contributed by atoms with Crippen LogP contribution in [0.5, 0.6) is 5.75 Å². The van der Waals surface area contributed by atoms with E-state index in [2.05, 4.69) is 15.1 Å². The predicted molar refractivity (Wildman–Crippen MR) is 108 cm³/mol. The van der Waals surface area contributed by atoms with Gasteiger partial charge in [-0.2, -0.15) is 5.10 Å². The highest BCUT2D eigenvalue weighted by molar-refractivity contribution is 6.44. The summed E-state index contributed by atoms with van der Waals surface area (Å²) in [5.74, 6) is -0.559. The Morgan fingerprint density at radius 3 is 2.86 bits per heavy atom. The van der Waals surface area contributed by atoms with Gasteiger partial charge >= 0.3 is 0 Å². The van der Waals surface area contributed by atoms with Gasteiger partial charge < -0.3 is 9.64 Å². The van der Waals surface area contributed by atoms with Gasteiger partial charge in [-0.1, -0.05) is 11.6 Å². The minimum atomic E-state index is -0.516. The topological polar surface area (TPSA) is 72.6 Å². The molecule has 2 aromatic rings. The van der Waals surface area contributed by atoms with Gasteiger partial charge in [0.2, 0.25) is 0 Å². The third-order valence-corrected chi connectivity index (χ3v) is 5.69. The Bertz CT molecular complexity index is 1050. The van der Waals surface area contributed by atoms with Gasteiger partial charge in [-0.15, -0.1) is 0 Å². The Morgan fingerprint density at radius 1 is 1.34 bits per heavy atom. The lowest BCUT2D eigenvalue weighted by Gasteiger charge is -2.22. The first-order valence-electron chi connectivity index (χ1n) is 9.35. The molecule has 1 fully saturated rings. The lowest BCUT2D eigenvalue weighted by Crippen LogP contribution is -2.28. The van der Waals surface area contributed by atoms with Gasteiger partial charge in [-0.3, -0.25) is 19.5 Å². The summed E-state index contributed by atoms with van der Waals surface area (Å²) >= 11 is 6.15. The standard InChI is InChI=1S/C20H21ClFN5O2/c1-11-19(12(2)26(3)25-11)15-6-18(14(22)7-24-15)29-13-4-5-27(10-13)16-8-23-9-17(28)20(16)21/h6-8,13H,4-5,9-10H2,1-3H3/t13-/m1/s1. The summed E-state index contributed by atoms with van der Waals surface area (Å²) in [5, 5.41) is 4.59. The molecular formula is C20H21ClFN5O2. The van der Waals surface area contributed by atoms with Crippen molar-refractivity contribution in [2.75, 3.05) is 19.6 Å². The Hall–Kier alpha value is -2.74. The summed E-state index contributed by atoms with van der Waals surface area (Å²) < 4.78 is 22.1. The highest BCUT2D eigenvalue weighted by Crippen LogP contribution is 2.31. The number of ether oxygens (including phenoxy) is 1. The van der Waals surface area contributed by atoms with Gasteiger partial charge in [-0.05, 0) is 13.8 Å². The van der Waals surface area contributed by atoms with Crippen molar-refractivity contribution < 1.29 is 13.9 Å². The molecule has 2 aliphatic heterocycles. The number of halogens is 2. The van der Waals surface area contributed by atoms with Crippen molar-refractivity contribution >= 4 is 23.6 Å². The van der Waals surface area contributed by atoms with Crippen LogP contribution < -0.4 is 4.74 Å². The molecule has 2 aromatic heterocycles. The van der Waals surface area contributed by atoms with Crippen molar-refractivity contribution in [1.82, 2.24) is 19.7 Å². The second-order valence-electron chi connectivity index (χ2n) is 7.24. The van der Waals surface area contributed by atoms with Crippen molar-refractivity contribution in [2.45, 2.75) is 26.4 Å². The van der Waals surface area contributed by atoms with Crippen LogP contribution in [0.25, 0.3) is 11.3 Å². The van der Waals surface area contributed by atoms with E-state index in [0.29, 0.717) is 30.9 Å². The first-order valence-corrected chi connectivity index (χ1v) is 9.73. The fraction of sp³-hybridized carbons (Fsp3) is 0.400. The first kappa shape index (κ1) is 19.6. The monoisotopic (exact) mass is 417 g/mol.